The lowest BCUT2D eigenvalue weighted by atomic mass is 9.90. The molecule has 0 aliphatic carbocycles. The Morgan fingerprint density at radius 3 is 3.00 bits per heavy atom. The van der Waals surface area contributed by atoms with Crippen molar-refractivity contribution in [3.8, 4) is 0 Å². The average Bonchev–Trinajstić information content (AvgIpc) is 2.34. The van der Waals surface area contributed by atoms with Crippen LogP contribution in [0.3, 0.4) is 0 Å². The van der Waals surface area contributed by atoms with Gasteiger partial charge in [-0.2, -0.15) is 0 Å². The molecule has 2 heterocycles. The van der Waals surface area contributed by atoms with Crippen molar-refractivity contribution in [2.24, 2.45) is 0 Å². The Labute approximate surface area is 68.5 Å². The first-order valence-electron chi connectivity index (χ1n) is 3.42. The van der Waals surface area contributed by atoms with E-state index in [0.29, 0.717) is 6.42 Å². The first-order valence-corrected chi connectivity index (χ1v) is 4.30. The van der Waals surface area contributed by atoms with Crippen LogP contribution < -0.4 is 5.32 Å². The fraction of sp³-hybridized carbons (Fsp3) is 0.429. The summed E-state index contributed by atoms with van der Waals surface area (Å²) < 4.78 is 0. The third-order valence-electron chi connectivity index (χ3n) is 1.83. The molecule has 3 nitrogen and oxygen atoms in total. The number of thiazole rings is 1. The summed E-state index contributed by atoms with van der Waals surface area (Å²) in [5.74, 6) is 0.114. The Morgan fingerprint density at radius 2 is 2.55 bits per heavy atom. The number of hydrogen-bond donors (Lipinski definition) is 1. The molecule has 2 rings (SSSR count). The molecule has 4 heteroatoms. The topological polar surface area (TPSA) is 42.0 Å². The predicted molar refractivity (Wildman–Crippen MR) is 42.2 cm³/mol. The van der Waals surface area contributed by atoms with Crippen molar-refractivity contribution >= 4 is 17.2 Å². The van der Waals surface area contributed by atoms with E-state index in [1.54, 1.807) is 17.5 Å². The lowest BCUT2D eigenvalue weighted by Crippen LogP contribution is -2.56. The van der Waals surface area contributed by atoms with Gasteiger partial charge < -0.3 is 5.32 Å². The molecule has 1 aromatic rings. The van der Waals surface area contributed by atoms with E-state index in [1.165, 1.54) is 0 Å². The Hall–Kier alpha value is -0.900. The van der Waals surface area contributed by atoms with Gasteiger partial charge in [0, 0.05) is 11.6 Å². The molecule has 11 heavy (non-hydrogen) atoms. The molecule has 1 N–H and O–H groups in total. The number of nitrogens with one attached hydrogen (secondary N) is 1. The third kappa shape index (κ3) is 0.939. The lowest BCUT2D eigenvalue weighted by Gasteiger charge is -2.36. The normalized spacial score (nSPS) is 29.4. The maximum atomic E-state index is 10.7. The average molecular weight is 168 g/mol. The number of amides is 1. The second-order valence-corrected chi connectivity index (χ2v) is 3.79. The van der Waals surface area contributed by atoms with Crippen molar-refractivity contribution in [1.29, 1.82) is 0 Å². The molecule has 0 spiro atoms. The van der Waals surface area contributed by atoms with Crippen LogP contribution in [0.5, 0.6) is 0 Å². The van der Waals surface area contributed by atoms with Crippen LogP contribution >= 0.6 is 11.3 Å². The molecule has 1 fully saturated rings. The zero-order chi connectivity index (χ0) is 7.90. The van der Waals surface area contributed by atoms with Crippen LogP contribution in [0.25, 0.3) is 0 Å². The minimum absolute atomic E-state index is 0.114. The fourth-order valence-electron chi connectivity index (χ4n) is 1.24. The van der Waals surface area contributed by atoms with E-state index in [-0.39, 0.29) is 11.4 Å². The molecule has 0 radical (unpaired) electrons. The highest BCUT2D eigenvalue weighted by Gasteiger charge is 2.41. The largest absolute Gasteiger partial charge is 0.344 e. The van der Waals surface area contributed by atoms with Gasteiger partial charge in [0.2, 0.25) is 5.91 Å². The molecule has 1 amide bonds. The van der Waals surface area contributed by atoms with Gasteiger partial charge in [-0.25, -0.2) is 4.98 Å². The summed E-state index contributed by atoms with van der Waals surface area (Å²) in [5, 5.41) is 5.75. The highest BCUT2D eigenvalue weighted by Crippen LogP contribution is 2.32. The smallest absolute Gasteiger partial charge is 0.223 e. The summed E-state index contributed by atoms with van der Waals surface area (Å²) in [7, 11) is 0. The minimum atomic E-state index is -0.175. The fourth-order valence-corrected chi connectivity index (χ4v) is 1.99. The first kappa shape index (κ1) is 6.79. The van der Waals surface area contributed by atoms with Crippen molar-refractivity contribution < 1.29 is 4.79 Å². The van der Waals surface area contributed by atoms with Crippen LogP contribution in [0.1, 0.15) is 18.4 Å². The standard InChI is InChI=1S/C7H8N2OS/c1-7(4-5(10)9-7)6-8-2-3-11-6/h2-3H,4H2,1H3,(H,9,10). The van der Waals surface area contributed by atoms with E-state index < -0.39 is 0 Å². The molecule has 0 saturated carbocycles. The van der Waals surface area contributed by atoms with Gasteiger partial charge in [0.15, 0.2) is 0 Å². The molecule has 1 atom stereocenters. The molecule has 1 aliphatic rings. The summed E-state index contributed by atoms with van der Waals surface area (Å²) >= 11 is 1.58. The predicted octanol–water partition coefficient (Wildman–Crippen LogP) is 0.878. The van der Waals surface area contributed by atoms with Crippen molar-refractivity contribution in [1.82, 2.24) is 10.3 Å². The Kier molecular flexibility index (Phi) is 1.26. The van der Waals surface area contributed by atoms with Crippen molar-refractivity contribution in [2.75, 3.05) is 0 Å². The van der Waals surface area contributed by atoms with Crippen LogP contribution in [0.4, 0.5) is 0 Å². The summed E-state index contributed by atoms with van der Waals surface area (Å²) in [4.78, 5) is 14.8. The molecule has 1 saturated heterocycles. The molecule has 1 aromatic heterocycles. The first-order chi connectivity index (χ1) is 5.21. The highest BCUT2D eigenvalue weighted by molar-refractivity contribution is 7.09. The van der Waals surface area contributed by atoms with Gasteiger partial charge in [0.05, 0.1) is 12.0 Å². The zero-order valence-corrected chi connectivity index (χ0v) is 6.94. The van der Waals surface area contributed by atoms with Gasteiger partial charge in [-0.05, 0) is 6.92 Å². The number of carbonyl (C=O) groups excluding carboxylic acids is 1. The van der Waals surface area contributed by atoms with Gasteiger partial charge in [0.25, 0.3) is 0 Å². The maximum absolute atomic E-state index is 10.7. The Balaban J connectivity index is 2.24. The summed E-state index contributed by atoms with van der Waals surface area (Å²) in [6.45, 7) is 1.99. The van der Waals surface area contributed by atoms with Gasteiger partial charge in [0.1, 0.15) is 5.01 Å². The van der Waals surface area contributed by atoms with E-state index in [2.05, 4.69) is 10.3 Å². The molecule has 1 unspecified atom stereocenters. The quantitative estimate of drug-likeness (QED) is 0.632. The van der Waals surface area contributed by atoms with E-state index in [0.717, 1.165) is 5.01 Å². The summed E-state index contributed by atoms with van der Waals surface area (Å²) in [6.07, 6.45) is 2.33. The van der Waals surface area contributed by atoms with Gasteiger partial charge in [-0.1, -0.05) is 0 Å². The maximum Gasteiger partial charge on any atom is 0.223 e. The molecule has 0 aromatic carbocycles. The number of nitrogens with zero attached hydrogens (tertiary/aromatic N) is 1. The SMILES string of the molecule is CC1(c2nccs2)CC(=O)N1. The number of rotatable bonds is 1. The highest BCUT2D eigenvalue weighted by atomic mass is 32.1. The molecule has 58 valence electrons. The summed E-state index contributed by atoms with van der Waals surface area (Å²) in [6, 6.07) is 0. The Bertz CT molecular complexity index is 273. The van der Waals surface area contributed by atoms with Crippen LogP contribution in [-0.4, -0.2) is 10.9 Å². The van der Waals surface area contributed by atoms with Crippen LogP contribution in [-0.2, 0) is 10.3 Å². The number of carbonyl (C=O) groups is 1. The molecular weight excluding hydrogens is 160 g/mol. The van der Waals surface area contributed by atoms with Gasteiger partial charge in [-0.15, -0.1) is 11.3 Å². The van der Waals surface area contributed by atoms with E-state index in [1.807, 2.05) is 12.3 Å². The minimum Gasteiger partial charge on any atom is -0.344 e. The third-order valence-corrected chi connectivity index (χ3v) is 2.87. The van der Waals surface area contributed by atoms with Gasteiger partial charge >= 0.3 is 0 Å². The van der Waals surface area contributed by atoms with Crippen molar-refractivity contribution in [3.05, 3.63) is 16.6 Å². The van der Waals surface area contributed by atoms with E-state index in [9.17, 15) is 4.79 Å². The molecule has 0 bridgehead atoms. The van der Waals surface area contributed by atoms with E-state index in [4.69, 9.17) is 0 Å². The van der Waals surface area contributed by atoms with Crippen molar-refractivity contribution in [3.63, 3.8) is 0 Å². The van der Waals surface area contributed by atoms with E-state index >= 15 is 0 Å². The van der Waals surface area contributed by atoms with Gasteiger partial charge in [-0.3, -0.25) is 4.79 Å². The number of hydrogen-bond acceptors (Lipinski definition) is 3. The summed E-state index contributed by atoms with van der Waals surface area (Å²) in [5.41, 5.74) is -0.175. The van der Waals surface area contributed by atoms with Crippen LogP contribution in [0, 0.1) is 0 Å². The zero-order valence-electron chi connectivity index (χ0n) is 6.13. The van der Waals surface area contributed by atoms with Crippen molar-refractivity contribution in [2.45, 2.75) is 18.9 Å². The molecular formula is C7H8N2OS. The monoisotopic (exact) mass is 168 g/mol. The lowest BCUT2D eigenvalue weighted by molar-refractivity contribution is -0.132. The second-order valence-electron chi connectivity index (χ2n) is 2.89. The Morgan fingerprint density at radius 1 is 1.82 bits per heavy atom. The molecule has 1 aliphatic heterocycles. The number of β-lactam (4-membered cyclic amide) rings is 1. The van der Waals surface area contributed by atoms with Crippen LogP contribution in [0.15, 0.2) is 11.6 Å². The second kappa shape index (κ2) is 2.04. The number of aromatic nitrogens is 1. The van der Waals surface area contributed by atoms with Crippen LogP contribution in [0.2, 0.25) is 0 Å².